The molecule has 0 saturated carbocycles. The normalized spacial score (nSPS) is 16.0. The summed E-state index contributed by atoms with van der Waals surface area (Å²) >= 11 is 0. The Balaban J connectivity index is 1.90. The number of fused-ring (bicyclic) bond motifs is 1. The number of amides is 1. The molecule has 1 aliphatic heterocycles. The Morgan fingerprint density at radius 2 is 2.00 bits per heavy atom. The molecule has 1 unspecified atom stereocenters. The van der Waals surface area contributed by atoms with Crippen LogP contribution in [0.2, 0.25) is 0 Å². The highest BCUT2D eigenvalue weighted by Gasteiger charge is 2.29. The van der Waals surface area contributed by atoms with Crippen LogP contribution in [-0.2, 0) is 11.3 Å². The first-order valence-electron chi connectivity index (χ1n) is 7.74. The lowest BCUT2D eigenvalue weighted by Gasteiger charge is -2.30. The summed E-state index contributed by atoms with van der Waals surface area (Å²) < 4.78 is 6.48. The number of anilines is 1. The van der Waals surface area contributed by atoms with Crippen molar-refractivity contribution in [3.05, 3.63) is 62.6 Å². The van der Waals surface area contributed by atoms with E-state index in [1.165, 1.54) is 17.0 Å². The molecule has 2 aromatic rings. The van der Waals surface area contributed by atoms with Crippen molar-refractivity contribution in [1.29, 1.82) is 0 Å². The van der Waals surface area contributed by atoms with E-state index in [1.54, 1.807) is 20.0 Å². The van der Waals surface area contributed by atoms with Crippen LogP contribution in [0.3, 0.4) is 0 Å². The standard InChI is InChI=1S/C17H15N3O6/c1-10-17(23)18(2)13-7-11(3-5-15(13)26-10)14(21)9-19-8-12(20(24)25)4-6-16(19)22/h3-8,10H,9H2,1-2H3. The second-order valence-corrected chi connectivity index (χ2v) is 5.87. The maximum atomic E-state index is 12.5. The Hall–Kier alpha value is -3.49. The fourth-order valence-electron chi connectivity index (χ4n) is 2.68. The van der Waals surface area contributed by atoms with Crippen LogP contribution in [0.4, 0.5) is 11.4 Å². The van der Waals surface area contributed by atoms with Gasteiger partial charge in [-0.2, -0.15) is 0 Å². The molecule has 1 aliphatic rings. The fraction of sp³-hybridized carbons (Fsp3) is 0.235. The number of nitro groups is 1. The minimum atomic E-state index is -0.640. The summed E-state index contributed by atoms with van der Waals surface area (Å²) in [5, 5.41) is 10.8. The summed E-state index contributed by atoms with van der Waals surface area (Å²) in [6.07, 6.45) is 0.413. The van der Waals surface area contributed by atoms with E-state index in [0.29, 0.717) is 11.4 Å². The van der Waals surface area contributed by atoms with E-state index in [2.05, 4.69) is 0 Å². The second kappa shape index (κ2) is 6.43. The molecule has 0 bridgehead atoms. The Labute approximate surface area is 147 Å². The van der Waals surface area contributed by atoms with Gasteiger partial charge < -0.3 is 14.2 Å². The summed E-state index contributed by atoms with van der Waals surface area (Å²) in [6, 6.07) is 6.74. The molecule has 1 aromatic carbocycles. The molecule has 0 aliphatic carbocycles. The number of hydrogen-bond acceptors (Lipinski definition) is 6. The molecule has 0 fully saturated rings. The molecule has 0 radical (unpaired) electrons. The van der Waals surface area contributed by atoms with Gasteiger partial charge in [-0.15, -0.1) is 0 Å². The molecule has 0 N–H and O–H groups in total. The minimum Gasteiger partial charge on any atom is -0.479 e. The topological polar surface area (TPSA) is 112 Å². The third-order valence-electron chi connectivity index (χ3n) is 4.12. The lowest BCUT2D eigenvalue weighted by molar-refractivity contribution is -0.385. The summed E-state index contributed by atoms with van der Waals surface area (Å²) in [5.41, 5.74) is -0.0905. The van der Waals surface area contributed by atoms with Crippen LogP contribution in [0.5, 0.6) is 5.75 Å². The number of likely N-dealkylation sites (N-methyl/N-ethyl adjacent to an activating group) is 1. The molecule has 9 heteroatoms. The maximum absolute atomic E-state index is 12.5. The predicted molar refractivity (Wildman–Crippen MR) is 91.6 cm³/mol. The van der Waals surface area contributed by atoms with Crippen LogP contribution in [-0.4, -0.2) is 34.3 Å². The number of rotatable bonds is 4. The highest BCUT2D eigenvalue weighted by atomic mass is 16.6. The lowest BCUT2D eigenvalue weighted by Crippen LogP contribution is -2.42. The number of pyridine rings is 1. The number of benzene rings is 1. The van der Waals surface area contributed by atoms with Gasteiger partial charge in [0, 0.05) is 24.7 Å². The molecule has 0 saturated heterocycles. The van der Waals surface area contributed by atoms with Crippen molar-refractivity contribution in [2.45, 2.75) is 19.6 Å². The Kier molecular flexibility index (Phi) is 4.29. The van der Waals surface area contributed by atoms with E-state index >= 15 is 0 Å². The average molecular weight is 357 g/mol. The van der Waals surface area contributed by atoms with Gasteiger partial charge >= 0.3 is 0 Å². The molecule has 0 spiro atoms. The molecule has 134 valence electrons. The molecule has 26 heavy (non-hydrogen) atoms. The van der Waals surface area contributed by atoms with Crippen LogP contribution in [0.15, 0.2) is 41.3 Å². The van der Waals surface area contributed by atoms with E-state index in [0.717, 1.165) is 22.9 Å². The van der Waals surface area contributed by atoms with E-state index in [-0.39, 0.29) is 23.7 Å². The van der Waals surface area contributed by atoms with Crippen LogP contribution in [0.1, 0.15) is 17.3 Å². The summed E-state index contributed by atoms with van der Waals surface area (Å²) in [6.45, 7) is 1.28. The zero-order valence-electron chi connectivity index (χ0n) is 14.0. The Bertz CT molecular complexity index is 981. The number of ketones is 1. The zero-order chi connectivity index (χ0) is 19.0. The number of ether oxygens (including phenoxy) is 1. The van der Waals surface area contributed by atoms with E-state index in [4.69, 9.17) is 4.74 Å². The van der Waals surface area contributed by atoms with Crippen LogP contribution < -0.4 is 15.2 Å². The third kappa shape index (κ3) is 3.06. The number of nitrogens with zero attached hydrogens (tertiary/aromatic N) is 3. The monoisotopic (exact) mass is 357 g/mol. The van der Waals surface area contributed by atoms with Gasteiger partial charge in [-0.3, -0.25) is 24.5 Å². The number of carbonyl (C=O) groups excluding carboxylic acids is 2. The van der Waals surface area contributed by atoms with Crippen LogP contribution in [0.25, 0.3) is 0 Å². The SMILES string of the molecule is CC1Oc2ccc(C(=O)Cn3cc([N+](=O)[O-])ccc3=O)cc2N(C)C1=O. The average Bonchev–Trinajstić information content (AvgIpc) is 2.61. The smallest absolute Gasteiger partial charge is 0.285 e. The summed E-state index contributed by atoms with van der Waals surface area (Å²) in [5.74, 6) is -0.185. The molecule has 9 nitrogen and oxygen atoms in total. The molecule has 1 aromatic heterocycles. The molecule has 1 atom stereocenters. The number of aromatic nitrogens is 1. The first-order chi connectivity index (χ1) is 12.3. The van der Waals surface area contributed by atoms with Gasteiger partial charge in [0.1, 0.15) is 5.75 Å². The van der Waals surface area contributed by atoms with Gasteiger partial charge in [0.15, 0.2) is 11.9 Å². The largest absolute Gasteiger partial charge is 0.479 e. The number of hydrogen-bond donors (Lipinski definition) is 0. The van der Waals surface area contributed by atoms with Crippen molar-refractivity contribution in [3.63, 3.8) is 0 Å². The maximum Gasteiger partial charge on any atom is 0.285 e. The highest BCUT2D eigenvalue weighted by Crippen LogP contribution is 2.34. The van der Waals surface area contributed by atoms with Gasteiger partial charge in [0.2, 0.25) is 0 Å². The van der Waals surface area contributed by atoms with Gasteiger partial charge in [0.25, 0.3) is 17.2 Å². The van der Waals surface area contributed by atoms with Crippen molar-refractivity contribution < 1.29 is 19.2 Å². The Morgan fingerprint density at radius 1 is 1.27 bits per heavy atom. The minimum absolute atomic E-state index is 0.239. The van der Waals surface area contributed by atoms with Crippen LogP contribution in [0, 0.1) is 10.1 Å². The van der Waals surface area contributed by atoms with E-state index in [9.17, 15) is 24.5 Å². The fourth-order valence-corrected chi connectivity index (χ4v) is 2.68. The van der Waals surface area contributed by atoms with E-state index < -0.39 is 22.4 Å². The molecule has 1 amide bonds. The first kappa shape index (κ1) is 17.3. The highest BCUT2D eigenvalue weighted by molar-refractivity contribution is 6.02. The van der Waals surface area contributed by atoms with E-state index in [1.807, 2.05) is 0 Å². The van der Waals surface area contributed by atoms with Crippen molar-refractivity contribution in [2.75, 3.05) is 11.9 Å². The quantitative estimate of drug-likeness (QED) is 0.464. The lowest BCUT2D eigenvalue weighted by atomic mass is 10.1. The molecular formula is C17H15N3O6. The van der Waals surface area contributed by atoms with Gasteiger partial charge in [-0.05, 0) is 25.1 Å². The van der Waals surface area contributed by atoms with Crippen molar-refractivity contribution >= 4 is 23.1 Å². The molecule has 3 rings (SSSR count). The zero-order valence-corrected chi connectivity index (χ0v) is 14.0. The second-order valence-electron chi connectivity index (χ2n) is 5.87. The first-order valence-corrected chi connectivity index (χ1v) is 7.74. The van der Waals surface area contributed by atoms with Crippen LogP contribution >= 0.6 is 0 Å². The number of Topliss-reactive ketones (excluding diaryl/α,β-unsaturated/α-hetero) is 1. The van der Waals surface area contributed by atoms with Gasteiger partial charge in [-0.1, -0.05) is 0 Å². The Morgan fingerprint density at radius 3 is 2.69 bits per heavy atom. The molecule has 2 heterocycles. The summed E-state index contributed by atoms with van der Waals surface area (Å²) in [4.78, 5) is 48.0. The third-order valence-corrected chi connectivity index (χ3v) is 4.12. The van der Waals surface area contributed by atoms with Crippen molar-refractivity contribution in [2.24, 2.45) is 0 Å². The molecular weight excluding hydrogens is 342 g/mol. The van der Waals surface area contributed by atoms with Gasteiger partial charge in [0.05, 0.1) is 23.4 Å². The predicted octanol–water partition coefficient (Wildman–Crippen LogP) is 1.38. The number of carbonyl (C=O) groups is 2. The van der Waals surface area contributed by atoms with Crippen molar-refractivity contribution in [3.8, 4) is 5.75 Å². The van der Waals surface area contributed by atoms with Crippen molar-refractivity contribution in [1.82, 2.24) is 4.57 Å². The summed E-state index contributed by atoms with van der Waals surface area (Å²) in [7, 11) is 1.58. The van der Waals surface area contributed by atoms with Gasteiger partial charge in [-0.25, -0.2) is 0 Å².